The minimum atomic E-state index is -4.74. The van der Waals surface area contributed by atoms with Gasteiger partial charge in [0.2, 0.25) is 5.82 Å². The molecule has 1 aliphatic rings. The van der Waals surface area contributed by atoms with Crippen molar-refractivity contribution in [2.45, 2.75) is 43.7 Å². The van der Waals surface area contributed by atoms with Gasteiger partial charge in [-0.05, 0) is 66.8 Å². The van der Waals surface area contributed by atoms with Crippen molar-refractivity contribution in [1.82, 2.24) is 0 Å². The zero-order valence-corrected chi connectivity index (χ0v) is 14.1. The van der Waals surface area contributed by atoms with Crippen molar-refractivity contribution in [1.29, 1.82) is 0 Å². The largest absolute Gasteiger partial charge is 0.419 e. The van der Waals surface area contributed by atoms with Gasteiger partial charge in [-0.2, -0.15) is 17.6 Å². The highest BCUT2D eigenvalue weighted by atomic mass is 19.4. The van der Waals surface area contributed by atoms with Crippen LogP contribution in [-0.2, 0) is 6.18 Å². The van der Waals surface area contributed by atoms with Crippen LogP contribution in [0.1, 0.15) is 54.2 Å². The number of hydrogen-bond acceptors (Lipinski definition) is 2. The molecular formula is C19H16F5NO2. The van der Waals surface area contributed by atoms with Crippen molar-refractivity contribution in [3.8, 4) is 0 Å². The lowest BCUT2D eigenvalue weighted by Crippen LogP contribution is -2.14. The third kappa shape index (κ3) is 4.09. The SMILES string of the molecule is O=[N+]([O-])c1ccc(C2CCC(c3ccc(F)c(C(F)(F)F)c3)CC2)cc1F. The summed E-state index contributed by atoms with van der Waals surface area (Å²) in [5.41, 5.74) is -0.762. The summed E-state index contributed by atoms with van der Waals surface area (Å²) in [5.74, 6) is -2.33. The third-order valence-electron chi connectivity index (χ3n) is 5.13. The predicted octanol–water partition coefficient (Wildman–Crippen LogP) is 6.33. The van der Waals surface area contributed by atoms with Crippen molar-refractivity contribution in [3.63, 3.8) is 0 Å². The number of nitro benzene ring substituents is 1. The first kappa shape index (κ1) is 19.3. The van der Waals surface area contributed by atoms with Gasteiger partial charge in [0.05, 0.1) is 10.5 Å². The van der Waals surface area contributed by atoms with Gasteiger partial charge in [-0.15, -0.1) is 0 Å². The minimum Gasteiger partial charge on any atom is -0.258 e. The van der Waals surface area contributed by atoms with Crippen LogP contribution in [-0.4, -0.2) is 4.92 Å². The Bertz CT molecular complexity index is 858. The Morgan fingerprint density at radius 3 is 1.85 bits per heavy atom. The number of nitrogens with zero attached hydrogens (tertiary/aromatic N) is 1. The van der Waals surface area contributed by atoms with E-state index in [4.69, 9.17) is 0 Å². The molecule has 0 atom stereocenters. The average molecular weight is 385 g/mol. The van der Waals surface area contributed by atoms with Gasteiger partial charge in [-0.3, -0.25) is 10.1 Å². The maximum atomic E-state index is 13.8. The van der Waals surface area contributed by atoms with E-state index < -0.39 is 34.0 Å². The number of hydrogen-bond donors (Lipinski definition) is 0. The zero-order chi connectivity index (χ0) is 19.8. The number of rotatable bonds is 3. The fourth-order valence-electron chi connectivity index (χ4n) is 3.70. The van der Waals surface area contributed by atoms with Crippen LogP contribution in [0.15, 0.2) is 36.4 Å². The molecule has 3 nitrogen and oxygen atoms in total. The van der Waals surface area contributed by atoms with E-state index in [1.165, 1.54) is 12.1 Å². The molecule has 1 aliphatic carbocycles. The summed E-state index contributed by atoms with van der Waals surface area (Å²) in [6, 6.07) is 6.89. The summed E-state index contributed by atoms with van der Waals surface area (Å²) in [6.07, 6.45) is -2.37. The molecule has 27 heavy (non-hydrogen) atoms. The Hall–Kier alpha value is -2.51. The lowest BCUT2D eigenvalue weighted by atomic mass is 9.76. The Labute approximate surface area is 152 Å². The van der Waals surface area contributed by atoms with Crippen molar-refractivity contribution < 1.29 is 26.9 Å². The van der Waals surface area contributed by atoms with Crippen LogP contribution < -0.4 is 0 Å². The van der Waals surface area contributed by atoms with Crippen LogP contribution >= 0.6 is 0 Å². The summed E-state index contributed by atoms with van der Waals surface area (Å²) in [5, 5.41) is 10.7. The molecule has 0 spiro atoms. The molecule has 3 rings (SSSR count). The molecule has 1 fully saturated rings. The van der Waals surface area contributed by atoms with Crippen LogP contribution in [0.3, 0.4) is 0 Å². The van der Waals surface area contributed by atoms with Gasteiger partial charge in [0.25, 0.3) is 0 Å². The second-order valence-corrected chi connectivity index (χ2v) is 6.75. The number of benzene rings is 2. The normalized spacial score (nSPS) is 20.5. The molecule has 2 aromatic carbocycles. The molecular weight excluding hydrogens is 369 g/mol. The first-order valence-corrected chi connectivity index (χ1v) is 8.47. The number of nitro groups is 1. The summed E-state index contributed by atoms with van der Waals surface area (Å²) in [4.78, 5) is 9.90. The van der Waals surface area contributed by atoms with E-state index in [-0.39, 0.29) is 11.8 Å². The molecule has 0 amide bonds. The van der Waals surface area contributed by atoms with Crippen molar-refractivity contribution in [2.75, 3.05) is 0 Å². The first-order valence-electron chi connectivity index (χ1n) is 8.47. The van der Waals surface area contributed by atoms with E-state index in [1.54, 1.807) is 0 Å². The quantitative estimate of drug-likeness (QED) is 0.352. The standard InChI is InChI=1S/C19H16F5NO2/c20-16-7-5-13(9-15(16)19(22,23)24)11-1-3-12(4-2-11)14-6-8-18(25(26)27)17(21)10-14/h5-12H,1-4H2. The second-order valence-electron chi connectivity index (χ2n) is 6.75. The summed E-state index contributed by atoms with van der Waals surface area (Å²) < 4.78 is 65.9. The Balaban J connectivity index is 1.73. The molecule has 0 unspecified atom stereocenters. The van der Waals surface area contributed by atoms with E-state index in [9.17, 15) is 32.1 Å². The van der Waals surface area contributed by atoms with E-state index in [1.807, 2.05) is 0 Å². The third-order valence-corrected chi connectivity index (χ3v) is 5.13. The Kier molecular flexibility index (Phi) is 5.17. The topological polar surface area (TPSA) is 43.1 Å². The number of alkyl halides is 3. The summed E-state index contributed by atoms with van der Waals surface area (Å²) >= 11 is 0. The summed E-state index contributed by atoms with van der Waals surface area (Å²) in [6.45, 7) is 0. The molecule has 0 saturated heterocycles. The molecule has 0 radical (unpaired) electrons. The maximum absolute atomic E-state index is 13.8. The maximum Gasteiger partial charge on any atom is 0.419 e. The van der Waals surface area contributed by atoms with E-state index in [0.29, 0.717) is 36.8 Å². The highest BCUT2D eigenvalue weighted by molar-refractivity contribution is 5.37. The van der Waals surface area contributed by atoms with Crippen LogP contribution in [0.25, 0.3) is 0 Å². The van der Waals surface area contributed by atoms with Crippen molar-refractivity contribution in [3.05, 3.63) is 74.8 Å². The van der Waals surface area contributed by atoms with Crippen LogP contribution in [0.4, 0.5) is 27.6 Å². The highest BCUT2D eigenvalue weighted by Crippen LogP contribution is 2.42. The van der Waals surface area contributed by atoms with Gasteiger partial charge < -0.3 is 0 Å². The molecule has 0 N–H and O–H groups in total. The van der Waals surface area contributed by atoms with Crippen LogP contribution in [0.5, 0.6) is 0 Å². The molecule has 8 heteroatoms. The van der Waals surface area contributed by atoms with Gasteiger partial charge >= 0.3 is 11.9 Å². The molecule has 2 aromatic rings. The minimum absolute atomic E-state index is 0.0147. The Morgan fingerprint density at radius 2 is 1.37 bits per heavy atom. The highest BCUT2D eigenvalue weighted by Gasteiger charge is 2.35. The fraction of sp³-hybridized carbons (Fsp3) is 0.368. The average Bonchev–Trinajstić information content (AvgIpc) is 2.61. The van der Waals surface area contributed by atoms with Gasteiger partial charge in [0, 0.05) is 6.07 Å². The molecule has 0 aliphatic heterocycles. The Morgan fingerprint density at radius 1 is 0.852 bits per heavy atom. The monoisotopic (exact) mass is 385 g/mol. The predicted molar refractivity (Wildman–Crippen MR) is 88.4 cm³/mol. The number of halogens is 5. The smallest absolute Gasteiger partial charge is 0.258 e. The van der Waals surface area contributed by atoms with Crippen LogP contribution in [0.2, 0.25) is 0 Å². The van der Waals surface area contributed by atoms with Crippen molar-refractivity contribution in [2.24, 2.45) is 0 Å². The first-order chi connectivity index (χ1) is 12.7. The molecule has 144 valence electrons. The van der Waals surface area contributed by atoms with E-state index in [0.717, 1.165) is 24.3 Å². The van der Waals surface area contributed by atoms with E-state index >= 15 is 0 Å². The molecule has 1 saturated carbocycles. The van der Waals surface area contributed by atoms with Gasteiger partial charge in [0.1, 0.15) is 5.82 Å². The van der Waals surface area contributed by atoms with Gasteiger partial charge in [-0.25, -0.2) is 4.39 Å². The molecule has 0 heterocycles. The second kappa shape index (κ2) is 7.25. The van der Waals surface area contributed by atoms with Crippen molar-refractivity contribution >= 4 is 5.69 Å². The van der Waals surface area contributed by atoms with Crippen LogP contribution in [0, 0.1) is 21.7 Å². The molecule has 0 aromatic heterocycles. The lowest BCUT2D eigenvalue weighted by molar-refractivity contribution is -0.387. The summed E-state index contributed by atoms with van der Waals surface area (Å²) in [7, 11) is 0. The molecule has 0 bridgehead atoms. The zero-order valence-electron chi connectivity index (χ0n) is 14.1. The lowest BCUT2D eigenvalue weighted by Gasteiger charge is -2.29. The fourth-order valence-corrected chi connectivity index (χ4v) is 3.70. The van der Waals surface area contributed by atoms with Gasteiger partial charge in [0.15, 0.2) is 0 Å². The van der Waals surface area contributed by atoms with Gasteiger partial charge in [-0.1, -0.05) is 12.1 Å². The van der Waals surface area contributed by atoms with E-state index in [2.05, 4.69) is 0 Å².